The molecule has 1 aliphatic heterocycles. The highest BCUT2D eigenvalue weighted by molar-refractivity contribution is 5.91. The summed E-state index contributed by atoms with van der Waals surface area (Å²) in [6.07, 6.45) is -3.29. The summed E-state index contributed by atoms with van der Waals surface area (Å²) < 4.78 is 84.1. The summed E-state index contributed by atoms with van der Waals surface area (Å²) in [5, 5.41) is 3.08. The van der Waals surface area contributed by atoms with Crippen LogP contribution in [0.2, 0.25) is 0 Å². The van der Waals surface area contributed by atoms with Crippen molar-refractivity contribution in [2.24, 2.45) is 0 Å². The highest BCUT2D eigenvalue weighted by Gasteiger charge is 2.37. The molecule has 37 heavy (non-hydrogen) atoms. The Morgan fingerprint density at radius 1 is 1.00 bits per heavy atom. The molecule has 1 saturated heterocycles. The number of carbonyl (C=O) groups excluding carboxylic acids is 1. The zero-order chi connectivity index (χ0) is 26.6. The molecule has 200 valence electrons. The molecule has 4 rings (SSSR count). The third-order valence-electron chi connectivity index (χ3n) is 6.30. The highest BCUT2D eigenvalue weighted by atomic mass is 19.4. The number of nitrogens with one attached hydrogen (secondary N) is 2. The summed E-state index contributed by atoms with van der Waals surface area (Å²) >= 11 is 0. The van der Waals surface area contributed by atoms with Gasteiger partial charge in [-0.05, 0) is 72.2 Å². The molecule has 0 radical (unpaired) electrons. The summed E-state index contributed by atoms with van der Waals surface area (Å²) in [6, 6.07) is 6.92. The molecule has 5 nitrogen and oxygen atoms in total. The van der Waals surface area contributed by atoms with E-state index in [1.807, 2.05) is 12.1 Å². The lowest BCUT2D eigenvalue weighted by molar-refractivity contribution is -0.198. The number of alkyl halides is 6. The first-order chi connectivity index (χ1) is 17.5. The van der Waals surface area contributed by atoms with E-state index in [9.17, 15) is 31.1 Å². The molecule has 2 aliphatic rings. The number of hydroxylamine groups is 1. The molecule has 2 unspecified atom stereocenters. The number of rotatable bonds is 7. The maximum absolute atomic E-state index is 13.1. The minimum atomic E-state index is -4.88. The fraction of sp³-hybridized carbons (Fsp3) is 0.423. The van der Waals surface area contributed by atoms with Gasteiger partial charge in [0.1, 0.15) is 0 Å². The van der Waals surface area contributed by atoms with E-state index in [2.05, 4.69) is 10.8 Å². The monoisotopic (exact) mass is 528 g/mol. The van der Waals surface area contributed by atoms with Crippen molar-refractivity contribution in [3.8, 4) is 0 Å². The number of carbonyl (C=O) groups is 1. The summed E-state index contributed by atoms with van der Waals surface area (Å²) in [4.78, 5) is 17.2. The van der Waals surface area contributed by atoms with Gasteiger partial charge in [-0.3, -0.25) is 4.79 Å². The second-order valence-corrected chi connectivity index (χ2v) is 9.06. The lowest BCUT2D eigenvalue weighted by Crippen LogP contribution is -2.32. The van der Waals surface area contributed by atoms with Crippen molar-refractivity contribution < 1.29 is 40.7 Å². The Labute approximate surface area is 209 Å². The van der Waals surface area contributed by atoms with Gasteiger partial charge in [0.2, 0.25) is 0 Å². The van der Waals surface area contributed by atoms with Crippen LogP contribution in [0.25, 0.3) is 6.08 Å². The minimum absolute atomic E-state index is 0.0954. The van der Waals surface area contributed by atoms with E-state index in [1.54, 1.807) is 12.1 Å². The molecular weight excluding hydrogens is 502 g/mol. The summed E-state index contributed by atoms with van der Waals surface area (Å²) in [5.74, 6) is -0.437. The topological polar surface area (TPSA) is 59.6 Å². The Hall–Kier alpha value is -2.89. The van der Waals surface area contributed by atoms with E-state index in [0.29, 0.717) is 25.9 Å². The number of aryl methyl sites for hydroxylation is 1. The molecule has 2 N–H and O–H groups in total. The smallest absolute Gasteiger partial charge is 0.350 e. The Bertz CT molecular complexity index is 1110. The van der Waals surface area contributed by atoms with Crippen LogP contribution < -0.4 is 10.8 Å². The van der Waals surface area contributed by atoms with Gasteiger partial charge in [-0.15, -0.1) is 0 Å². The van der Waals surface area contributed by atoms with Gasteiger partial charge in [0.05, 0.1) is 11.1 Å². The Kier molecular flexibility index (Phi) is 8.25. The molecule has 2 atom stereocenters. The fourth-order valence-corrected chi connectivity index (χ4v) is 4.45. The van der Waals surface area contributed by atoms with Crippen LogP contribution in [0.15, 0.2) is 42.5 Å². The molecule has 2 aromatic rings. The summed E-state index contributed by atoms with van der Waals surface area (Å²) in [7, 11) is 0. The van der Waals surface area contributed by atoms with Crippen LogP contribution >= 0.6 is 0 Å². The summed E-state index contributed by atoms with van der Waals surface area (Å²) in [6.45, 7) is 0.444. The van der Waals surface area contributed by atoms with Gasteiger partial charge < -0.3 is 10.1 Å². The zero-order valence-corrected chi connectivity index (χ0v) is 19.7. The second kappa shape index (κ2) is 11.2. The standard InChI is InChI=1S/C26H26F6N2O3/c27-25(28,29)19-12-17(13-20(14-19)26(30,31)32)15-33-22-8-6-18-11-16(4-7-21(18)22)5-9-23(35)34-37-24-3-1-2-10-36-24/h4-5,7,9,11-14,22,24,33H,1-3,6,8,10,15H2,(H,34,35)/b9-5+. The van der Waals surface area contributed by atoms with Crippen molar-refractivity contribution in [1.82, 2.24) is 10.8 Å². The molecule has 1 heterocycles. The van der Waals surface area contributed by atoms with Gasteiger partial charge in [0.15, 0.2) is 6.29 Å². The Morgan fingerprint density at radius 2 is 1.73 bits per heavy atom. The van der Waals surface area contributed by atoms with Crippen molar-refractivity contribution in [2.75, 3.05) is 6.61 Å². The van der Waals surface area contributed by atoms with Crippen LogP contribution in [-0.4, -0.2) is 18.8 Å². The first-order valence-corrected chi connectivity index (χ1v) is 11.9. The number of hydrogen-bond donors (Lipinski definition) is 2. The largest absolute Gasteiger partial charge is 0.416 e. The van der Waals surface area contributed by atoms with Gasteiger partial charge >= 0.3 is 12.4 Å². The molecule has 0 spiro atoms. The molecule has 1 amide bonds. The van der Waals surface area contributed by atoms with Crippen molar-refractivity contribution >= 4 is 12.0 Å². The maximum atomic E-state index is 13.1. The number of amides is 1. The van der Waals surface area contributed by atoms with Gasteiger partial charge in [-0.25, -0.2) is 10.3 Å². The van der Waals surface area contributed by atoms with Crippen LogP contribution in [0.3, 0.4) is 0 Å². The third-order valence-corrected chi connectivity index (χ3v) is 6.30. The van der Waals surface area contributed by atoms with Gasteiger partial charge in [0, 0.05) is 31.7 Å². The first kappa shape index (κ1) is 27.2. The van der Waals surface area contributed by atoms with Gasteiger partial charge in [-0.2, -0.15) is 26.3 Å². The molecule has 11 heteroatoms. The van der Waals surface area contributed by atoms with Crippen molar-refractivity contribution in [3.63, 3.8) is 0 Å². The fourth-order valence-electron chi connectivity index (χ4n) is 4.45. The van der Waals surface area contributed by atoms with E-state index in [1.165, 1.54) is 6.08 Å². The molecule has 0 saturated carbocycles. The first-order valence-electron chi connectivity index (χ1n) is 11.9. The summed E-state index contributed by atoms with van der Waals surface area (Å²) in [5.41, 5.74) is 2.27. The van der Waals surface area contributed by atoms with Crippen LogP contribution in [0.4, 0.5) is 26.3 Å². The molecule has 0 aromatic heterocycles. The highest BCUT2D eigenvalue weighted by Crippen LogP contribution is 2.37. The molecule has 1 aliphatic carbocycles. The third kappa shape index (κ3) is 7.33. The van der Waals surface area contributed by atoms with Gasteiger partial charge in [0.25, 0.3) is 5.91 Å². The normalized spacial score (nSPS) is 20.3. The van der Waals surface area contributed by atoms with E-state index < -0.39 is 35.7 Å². The molecule has 1 fully saturated rings. The van der Waals surface area contributed by atoms with Crippen molar-refractivity contribution in [3.05, 3.63) is 75.9 Å². The predicted molar refractivity (Wildman–Crippen MR) is 123 cm³/mol. The molecule has 2 aromatic carbocycles. The predicted octanol–water partition coefficient (Wildman–Crippen LogP) is 6.09. The number of halogens is 6. The van der Waals surface area contributed by atoms with Crippen molar-refractivity contribution in [2.45, 2.75) is 63.3 Å². The van der Waals surface area contributed by atoms with Crippen LogP contribution in [0.1, 0.15) is 65.1 Å². The lowest BCUT2D eigenvalue weighted by atomic mass is 10.0. The van der Waals surface area contributed by atoms with Crippen LogP contribution in [0.5, 0.6) is 0 Å². The number of hydrogen-bond acceptors (Lipinski definition) is 4. The zero-order valence-electron chi connectivity index (χ0n) is 19.7. The number of fused-ring (bicyclic) bond motifs is 1. The Balaban J connectivity index is 1.37. The number of benzene rings is 2. The maximum Gasteiger partial charge on any atom is 0.416 e. The van der Waals surface area contributed by atoms with Crippen LogP contribution in [-0.2, 0) is 39.7 Å². The SMILES string of the molecule is O=C(/C=C/c1ccc2c(c1)CCC2NCc1cc(C(F)(F)F)cc(C(F)(F)F)c1)NOC1CCCCO1. The Morgan fingerprint density at radius 3 is 2.38 bits per heavy atom. The minimum Gasteiger partial charge on any atom is -0.350 e. The van der Waals surface area contributed by atoms with Crippen LogP contribution in [0, 0.1) is 0 Å². The molecular formula is C26H26F6N2O3. The van der Waals surface area contributed by atoms with E-state index in [4.69, 9.17) is 9.57 Å². The van der Waals surface area contributed by atoms with E-state index in [-0.39, 0.29) is 24.2 Å². The average molecular weight is 528 g/mol. The van der Waals surface area contributed by atoms with E-state index >= 15 is 0 Å². The van der Waals surface area contributed by atoms with Gasteiger partial charge in [-0.1, -0.05) is 18.2 Å². The van der Waals surface area contributed by atoms with E-state index in [0.717, 1.165) is 41.7 Å². The molecule has 0 bridgehead atoms. The lowest BCUT2D eigenvalue weighted by Gasteiger charge is -2.21. The average Bonchev–Trinajstić information content (AvgIpc) is 3.26. The van der Waals surface area contributed by atoms with Crippen molar-refractivity contribution in [1.29, 1.82) is 0 Å². The quantitative estimate of drug-likeness (QED) is 0.260. The second-order valence-electron chi connectivity index (χ2n) is 9.06. The number of ether oxygens (including phenoxy) is 1.